The van der Waals surface area contributed by atoms with Crippen LogP contribution < -0.4 is 0 Å². The third-order valence-electron chi connectivity index (χ3n) is 3.98. The van der Waals surface area contributed by atoms with E-state index in [-0.39, 0.29) is 29.7 Å². The quantitative estimate of drug-likeness (QED) is 0.482. The number of esters is 1. The number of hydrogen-bond acceptors (Lipinski definition) is 5. The van der Waals surface area contributed by atoms with Crippen molar-refractivity contribution < 1.29 is 19.2 Å². The molecule has 124 valence electrons. The van der Waals surface area contributed by atoms with Crippen molar-refractivity contribution in [2.45, 2.75) is 26.7 Å². The van der Waals surface area contributed by atoms with Gasteiger partial charge in [0.25, 0.3) is 11.6 Å². The lowest BCUT2D eigenvalue weighted by atomic mass is 9.97. The number of rotatable bonds is 4. The van der Waals surface area contributed by atoms with Crippen LogP contribution in [-0.2, 0) is 9.53 Å². The molecule has 1 aliphatic heterocycles. The highest BCUT2D eigenvalue weighted by Crippen LogP contribution is 2.26. The molecule has 0 N–H and O–H groups in total. The van der Waals surface area contributed by atoms with Crippen LogP contribution in [0.5, 0.6) is 0 Å². The molecule has 1 amide bonds. The van der Waals surface area contributed by atoms with Crippen LogP contribution in [0.2, 0.25) is 0 Å². The molecule has 0 saturated carbocycles. The van der Waals surface area contributed by atoms with Gasteiger partial charge >= 0.3 is 5.97 Å². The summed E-state index contributed by atoms with van der Waals surface area (Å²) in [5.74, 6) is -1.09. The fourth-order valence-corrected chi connectivity index (χ4v) is 2.86. The average Bonchev–Trinajstić information content (AvgIpc) is 2.54. The first kappa shape index (κ1) is 16.9. The molecule has 1 atom stereocenters. The molecule has 1 heterocycles. The number of likely N-dealkylation sites (tertiary alicyclic amines) is 1. The molecule has 0 aromatic heterocycles. The molecule has 7 heteroatoms. The Morgan fingerprint density at radius 3 is 2.83 bits per heavy atom. The van der Waals surface area contributed by atoms with Gasteiger partial charge < -0.3 is 9.64 Å². The number of nitro groups is 1. The molecule has 1 fully saturated rings. The summed E-state index contributed by atoms with van der Waals surface area (Å²) in [5, 5.41) is 11.2. The molecule has 0 bridgehead atoms. The summed E-state index contributed by atoms with van der Waals surface area (Å²) in [6.07, 6.45) is 1.34. The summed E-state index contributed by atoms with van der Waals surface area (Å²) in [6.45, 7) is 4.36. The Morgan fingerprint density at radius 1 is 1.43 bits per heavy atom. The van der Waals surface area contributed by atoms with Gasteiger partial charge in [-0.2, -0.15) is 0 Å². The minimum Gasteiger partial charge on any atom is -0.466 e. The van der Waals surface area contributed by atoms with Gasteiger partial charge in [-0.25, -0.2) is 0 Å². The third-order valence-corrected chi connectivity index (χ3v) is 3.98. The van der Waals surface area contributed by atoms with Crippen LogP contribution in [0.3, 0.4) is 0 Å². The van der Waals surface area contributed by atoms with Gasteiger partial charge in [0.2, 0.25) is 0 Å². The second-order valence-electron chi connectivity index (χ2n) is 5.57. The molecular formula is C16H20N2O5. The number of carbonyl (C=O) groups is 2. The number of amides is 1. The maximum Gasteiger partial charge on any atom is 0.310 e. The second-order valence-corrected chi connectivity index (χ2v) is 5.57. The van der Waals surface area contributed by atoms with E-state index in [1.807, 2.05) is 0 Å². The van der Waals surface area contributed by atoms with E-state index >= 15 is 0 Å². The summed E-state index contributed by atoms with van der Waals surface area (Å²) in [4.78, 5) is 36.8. The van der Waals surface area contributed by atoms with Crippen LogP contribution in [0.15, 0.2) is 18.2 Å². The zero-order valence-corrected chi connectivity index (χ0v) is 13.3. The minimum atomic E-state index is -0.532. The van der Waals surface area contributed by atoms with Gasteiger partial charge in [-0.05, 0) is 32.8 Å². The Hall–Kier alpha value is -2.44. The summed E-state index contributed by atoms with van der Waals surface area (Å²) in [6, 6.07) is 4.69. The van der Waals surface area contributed by atoms with Gasteiger partial charge in [0.1, 0.15) is 5.56 Å². The van der Waals surface area contributed by atoms with Gasteiger partial charge in [-0.3, -0.25) is 19.7 Å². The van der Waals surface area contributed by atoms with E-state index in [0.29, 0.717) is 31.6 Å². The number of para-hydroxylation sites is 1. The number of nitro benzene ring substituents is 1. The molecular weight excluding hydrogens is 300 g/mol. The highest BCUT2D eigenvalue weighted by Gasteiger charge is 2.32. The van der Waals surface area contributed by atoms with E-state index in [0.717, 1.165) is 0 Å². The Labute approximate surface area is 134 Å². The fourth-order valence-electron chi connectivity index (χ4n) is 2.86. The molecule has 23 heavy (non-hydrogen) atoms. The predicted molar refractivity (Wildman–Crippen MR) is 83.1 cm³/mol. The monoisotopic (exact) mass is 320 g/mol. The van der Waals surface area contributed by atoms with Crippen LogP contribution in [0.4, 0.5) is 5.69 Å². The van der Waals surface area contributed by atoms with Crippen LogP contribution in [-0.4, -0.2) is 41.4 Å². The van der Waals surface area contributed by atoms with Gasteiger partial charge in [-0.1, -0.05) is 12.1 Å². The van der Waals surface area contributed by atoms with E-state index in [1.54, 1.807) is 26.0 Å². The molecule has 0 aliphatic carbocycles. The number of ether oxygens (including phenoxy) is 1. The predicted octanol–water partition coefficient (Wildman–Crippen LogP) is 2.32. The van der Waals surface area contributed by atoms with Crippen LogP contribution in [0, 0.1) is 23.0 Å². The number of carbonyl (C=O) groups excluding carboxylic acids is 2. The van der Waals surface area contributed by atoms with Crippen LogP contribution >= 0.6 is 0 Å². The lowest BCUT2D eigenvalue weighted by Crippen LogP contribution is -2.43. The average molecular weight is 320 g/mol. The van der Waals surface area contributed by atoms with E-state index in [4.69, 9.17) is 4.74 Å². The standard InChI is InChI=1S/C16H20N2O5/c1-3-23-16(20)12-7-5-9-17(10-12)15(19)13-8-4-6-11(2)14(13)18(21)22/h4,6,8,12H,3,5,7,9-10H2,1-2H3. The van der Waals surface area contributed by atoms with Crippen molar-refractivity contribution in [3.63, 3.8) is 0 Å². The van der Waals surface area contributed by atoms with Gasteiger partial charge in [0.05, 0.1) is 17.4 Å². The zero-order valence-electron chi connectivity index (χ0n) is 13.3. The van der Waals surface area contributed by atoms with Gasteiger partial charge in [0.15, 0.2) is 0 Å². The number of aryl methyl sites for hydroxylation is 1. The first-order chi connectivity index (χ1) is 11.0. The summed E-state index contributed by atoms with van der Waals surface area (Å²) in [5.41, 5.74) is 0.343. The van der Waals surface area contributed by atoms with Crippen molar-refractivity contribution in [3.8, 4) is 0 Å². The van der Waals surface area contributed by atoms with E-state index < -0.39 is 10.8 Å². The molecule has 7 nitrogen and oxygen atoms in total. The maximum absolute atomic E-state index is 12.7. The first-order valence-electron chi connectivity index (χ1n) is 7.65. The second kappa shape index (κ2) is 7.21. The largest absolute Gasteiger partial charge is 0.466 e. The number of nitrogens with zero attached hydrogens (tertiary/aromatic N) is 2. The van der Waals surface area contributed by atoms with Crippen molar-refractivity contribution in [2.24, 2.45) is 5.92 Å². The molecule has 1 aromatic carbocycles. The maximum atomic E-state index is 12.7. The van der Waals surface area contributed by atoms with Crippen molar-refractivity contribution >= 4 is 17.6 Å². The summed E-state index contributed by atoms with van der Waals surface area (Å²) < 4.78 is 5.01. The summed E-state index contributed by atoms with van der Waals surface area (Å²) >= 11 is 0. The summed E-state index contributed by atoms with van der Waals surface area (Å²) in [7, 11) is 0. The smallest absolute Gasteiger partial charge is 0.310 e. The van der Waals surface area contributed by atoms with Crippen molar-refractivity contribution in [3.05, 3.63) is 39.4 Å². The molecule has 0 spiro atoms. The number of piperidine rings is 1. The molecule has 1 aromatic rings. The Kier molecular flexibility index (Phi) is 5.31. The van der Waals surface area contributed by atoms with Gasteiger partial charge in [-0.15, -0.1) is 0 Å². The lowest BCUT2D eigenvalue weighted by molar-refractivity contribution is -0.385. The molecule has 2 rings (SSSR count). The highest BCUT2D eigenvalue weighted by atomic mass is 16.6. The van der Waals surface area contributed by atoms with Crippen LogP contribution in [0.1, 0.15) is 35.7 Å². The number of benzene rings is 1. The Morgan fingerprint density at radius 2 is 2.17 bits per heavy atom. The minimum absolute atomic E-state index is 0.0690. The van der Waals surface area contributed by atoms with Crippen molar-refractivity contribution in [2.75, 3.05) is 19.7 Å². The Balaban J connectivity index is 2.22. The van der Waals surface area contributed by atoms with E-state index in [1.165, 1.54) is 11.0 Å². The zero-order chi connectivity index (χ0) is 17.0. The molecule has 1 saturated heterocycles. The fraction of sp³-hybridized carbons (Fsp3) is 0.500. The van der Waals surface area contributed by atoms with Crippen molar-refractivity contribution in [1.82, 2.24) is 4.90 Å². The lowest BCUT2D eigenvalue weighted by Gasteiger charge is -2.31. The van der Waals surface area contributed by atoms with E-state index in [9.17, 15) is 19.7 Å². The van der Waals surface area contributed by atoms with Crippen LogP contribution in [0.25, 0.3) is 0 Å². The SMILES string of the molecule is CCOC(=O)C1CCCN(C(=O)c2cccc(C)c2[N+](=O)[O-])C1. The van der Waals surface area contributed by atoms with E-state index in [2.05, 4.69) is 0 Å². The van der Waals surface area contributed by atoms with Gasteiger partial charge in [0, 0.05) is 18.7 Å². The molecule has 1 aliphatic rings. The Bertz CT molecular complexity index is 629. The topological polar surface area (TPSA) is 89.8 Å². The van der Waals surface area contributed by atoms with Crippen molar-refractivity contribution in [1.29, 1.82) is 0 Å². The third kappa shape index (κ3) is 3.67. The molecule has 1 unspecified atom stereocenters. The number of hydrogen-bond donors (Lipinski definition) is 0. The normalized spacial score (nSPS) is 17.7. The molecule has 0 radical (unpaired) electrons. The first-order valence-corrected chi connectivity index (χ1v) is 7.65. The highest BCUT2D eigenvalue weighted by molar-refractivity contribution is 5.99.